The third-order valence-corrected chi connectivity index (χ3v) is 3.44. The zero-order chi connectivity index (χ0) is 12.1. The lowest BCUT2D eigenvalue weighted by Crippen LogP contribution is -2.29. The second-order valence-corrected chi connectivity index (χ2v) is 5.14. The number of ether oxygens (including phenoxy) is 1. The summed E-state index contributed by atoms with van der Waals surface area (Å²) in [7, 11) is 1.71. The van der Waals surface area contributed by atoms with E-state index in [9.17, 15) is 0 Å². The first-order valence-electron chi connectivity index (χ1n) is 6.64. The zero-order valence-electron chi connectivity index (χ0n) is 10.9. The highest BCUT2D eigenvalue weighted by Crippen LogP contribution is 2.31. The van der Waals surface area contributed by atoms with Crippen molar-refractivity contribution in [1.29, 1.82) is 0 Å². The van der Waals surface area contributed by atoms with Crippen LogP contribution < -0.4 is 10.1 Å². The van der Waals surface area contributed by atoms with E-state index in [0.29, 0.717) is 6.04 Å². The Morgan fingerprint density at radius 1 is 1.29 bits per heavy atom. The summed E-state index contributed by atoms with van der Waals surface area (Å²) in [5.74, 6) is 1.96. The second-order valence-electron chi connectivity index (χ2n) is 5.14. The summed E-state index contributed by atoms with van der Waals surface area (Å²) in [6.07, 6.45) is 5.35. The van der Waals surface area contributed by atoms with Crippen LogP contribution in [0.15, 0.2) is 24.3 Å². The number of rotatable bonds is 7. The van der Waals surface area contributed by atoms with Gasteiger partial charge in [0.25, 0.3) is 0 Å². The van der Waals surface area contributed by atoms with E-state index in [1.165, 1.54) is 31.4 Å². The van der Waals surface area contributed by atoms with Gasteiger partial charge in [-0.15, -0.1) is 0 Å². The molecule has 1 fully saturated rings. The summed E-state index contributed by atoms with van der Waals surface area (Å²) >= 11 is 0. The van der Waals surface area contributed by atoms with Crippen LogP contribution in [-0.4, -0.2) is 19.7 Å². The van der Waals surface area contributed by atoms with Gasteiger partial charge in [-0.1, -0.05) is 25.0 Å². The first-order valence-corrected chi connectivity index (χ1v) is 6.64. The monoisotopic (exact) mass is 233 g/mol. The topological polar surface area (TPSA) is 21.3 Å². The smallest absolute Gasteiger partial charge is 0.118 e. The maximum absolute atomic E-state index is 5.16. The Labute approximate surface area is 104 Å². The third kappa shape index (κ3) is 4.39. The van der Waals surface area contributed by atoms with Crippen molar-refractivity contribution >= 4 is 0 Å². The molecule has 0 saturated heterocycles. The molecule has 1 atom stereocenters. The molecule has 0 heterocycles. The van der Waals surface area contributed by atoms with Crippen molar-refractivity contribution in [2.45, 2.75) is 38.6 Å². The van der Waals surface area contributed by atoms with Crippen LogP contribution in [0.5, 0.6) is 5.75 Å². The summed E-state index contributed by atoms with van der Waals surface area (Å²) in [5, 5.41) is 3.60. The number of methoxy groups -OCH3 is 1. The van der Waals surface area contributed by atoms with E-state index in [1.54, 1.807) is 7.11 Å². The van der Waals surface area contributed by atoms with Gasteiger partial charge in [0.2, 0.25) is 0 Å². The van der Waals surface area contributed by atoms with E-state index in [0.717, 1.165) is 18.1 Å². The van der Waals surface area contributed by atoms with Crippen molar-refractivity contribution in [2.75, 3.05) is 13.7 Å². The zero-order valence-corrected chi connectivity index (χ0v) is 10.9. The van der Waals surface area contributed by atoms with Crippen molar-refractivity contribution in [2.24, 2.45) is 5.92 Å². The van der Waals surface area contributed by atoms with Crippen LogP contribution in [0.2, 0.25) is 0 Å². The molecule has 1 aliphatic carbocycles. The minimum atomic E-state index is 0.558. The Morgan fingerprint density at radius 3 is 2.59 bits per heavy atom. The van der Waals surface area contributed by atoms with Crippen LogP contribution in [0.25, 0.3) is 0 Å². The van der Waals surface area contributed by atoms with Crippen molar-refractivity contribution in [1.82, 2.24) is 5.32 Å². The number of hydrogen-bond donors (Lipinski definition) is 1. The van der Waals surface area contributed by atoms with Gasteiger partial charge in [-0.2, -0.15) is 0 Å². The molecule has 1 saturated carbocycles. The van der Waals surface area contributed by atoms with Gasteiger partial charge in [0, 0.05) is 6.04 Å². The highest BCUT2D eigenvalue weighted by molar-refractivity contribution is 5.27. The lowest BCUT2D eigenvalue weighted by molar-refractivity contribution is 0.414. The van der Waals surface area contributed by atoms with E-state index in [2.05, 4.69) is 24.4 Å². The number of hydrogen-bond acceptors (Lipinski definition) is 2. The highest BCUT2D eigenvalue weighted by Gasteiger charge is 2.20. The Kier molecular flexibility index (Phi) is 4.43. The van der Waals surface area contributed by atoms with Crippen molar-refractivity contribution in [3.63, 3.8) is 0 Å². The van der Waals surface area contributed by atoms with Gasteiger partial charge in [-0.3, -0.25) is 0 Å². The lowest BCUT2D eigenvalue weighted by Gasteiger charge is -2.14. The average molecular weight is 233 g/mol. The summed E-state index contributed by atoms with van der Waals surface area (Å²) in [5.41, 5.74) is 1.37. The van der Waals surface area contributed by atoms with Crippen LogP contribution in [-0.2, 0) is 6.42 Å². The van der Waals surface area contributed by atoms with Gasteiger partial charge in [0.1, 0.15) is 5.75 Å². The molecule has 94 valence electrons. The standard InChI is InChI=1S/C15H23NO/c1-12(16-10-9-13-3-4-13)11-14-5-7-15(17-2)8-6-14/h5-8,12-13,16H,3-4,9-11H2,1-2H3. The molecule has 1 aromatic rings. The Balaban J connectivity index is 1.70. The largest absolute Gasteiger partial charge is 0.497 e. The fraction of sp³-hybridized carbons (Fsp3) is 0.600. The summed E-state index contributed by atoms with van der Waals surface area (Å²) in [6, 6.07) is 8.93. The molecular formula is C15H23NO. The first kappa shape index (κ1) is 12.4. The van der Waals surface area contributed by atoms with Gasteiger partial charge < -0.3 is 10.1 Å². The van der Waals surface area contributed by atoms with Crippen molar-refractivity contribution in [3.8, 4) is 5.75 Å². The van der Waals surface area contributed by atoms with Crippen LogP contribution in [0.1, 0.15) is 31.7 Å². The molecule has 0 spiro atoms. The minimum absolute atomic E-state index is 0.558. The van der Waals surface area contributed by atoms with Gasteiger partial charge in [0.05, 0.1) is 7.11 Å². The van der Waals surface area contributed by atoms with Gasteiger partial charge in [-0.25, -0.2) is 0 Å². The molecule has 0 bridgehead atoms. The molecule has 1 N–H and O–H groups in total. The van der Waals surface area contributed by atoms with Crippen molar-refractivity contribution < 1.29 is 4.74 Å². The highest BCUT2D eigenvalue weighted by atomic mass is 16.5. The molecule has 1 aliphatic rings. The van der Waals surface area contributed by atoms with Crippen LogP contribution in [0, 0.1) is 5.92 Å². The van der Waals surface area contributed by atoms with E-state index < -0.39 is 0 Å². The molecule has 2 rings (SSSR count). The van der Waals surface area contributed by atoms with E-state index in [4.69, 9.17) is 4.74 Å². The SMILES string of the molecule is COc1ccc(CC(C)NCCC2CC2)cc1. The third-order valence-electron chi connectivity index (χ3n) is 3.44. The predicted molar refractivity (Wildman–Crippen MR) is 71.5 cm³/mol. The number of benzene rings is 1. The van der Waals surface area contributed by atoms with Gasteiger partial charge in [-0.05, 0) is 49.9 Å². The molecule has 2 nitrogen and oxygen atoms in total. The maximum atomic E-state index is 5.16. The van der Waals surface area contributed by atoms with Crippen molar-refractivity contribution in [3.05, 3.63) is 29.8 Å². The van der Waals surface area contributed by atoms with Gasteiger partial charge in [0.15, 0.2) is 0 Å². The second kappa shape index (κ2) is 6.06. The van der Waals surface area contributed by atoms with Crippen LogP contribution in [0.3, 0.4) is 0 Å². The Hall–Kier alpha value is -1.02. The molecule has 1 aromatic carbocycles. The van der Waals surface area contributed by atoms with E-state index >= 15 is 0 Å². The quantitative estimate of drug-likeness (QED) is 0.781. The lowest BCUT2D eigenvalue weighted by atomic mass is 10.1. The Morgan fingerprint density at radius 2 is 2.00 bits per heavy atom. The average Bonchev–Trinajstić information content (AvgIpc) is 3.14. The molecule has 0 aliphatic heterocycles. The van der Waals surface area contributed by atoms with Crippen LogP contribution in [0.4, 0.5) is 0 Å². The summed E-state index contributed by atoms with van der Waals surface area (Å²) < 4.78 is 5.16. The maximum Gasteiger partial charge on any atom is 0.118 e. The molecule has 1 unspecified atom stereocenters. The Bertz CT molecular complexity index is 329. The molecular weight excluding hydrogens is 210 g/mol. The molecule has 0 amide bonds. The number of nitrogens with one attached hydrogen (secondary N) is 1. The summed E-state index contributed by atoms with van der Waals surface area (Å²) in [6.45, 7) is 3.43. The predicted octanol–water partition coefficient (Wildman–Crippen LogP) is 3.02. The first-order chi connectivity index (χ1) is 8.28. The molecule has 0 radical (unpaired) electrons. The minimum Gasteiger partial charge on any atom is -0.497 e. The molecule has 0 aromatic heterocycles. The fourth-order valence-corrected chi connectivity index (χ4v) is 2.13. The normalized spacial score (nSPS) is 16.8. The molecule has 2 heteroatoms. The van der Waals surface area contributed by atoms with E-state index in [-0.39, 0.29) is 0 Å². The van der Waals surface area contributed by atoms with Gasteiger partial charge >= 0.3 is 0 Å². The van der Waals surface area contributed by atoms with Crippen LogP contribution >= 0.6 is 0 Å². The summed E-state index contributed by atoms with van der Waals surface area (Å²) in [4.78, 5) is 0. The molecule has 17 heavy (non-hydrogen) atoms. The van der Waals surface area contributed by atoms with E-state index in [1.807, 2.05) is 12.1 Å². The fourth-order valence-electron chi connectivity index (χ4n) is 2.13.